The Hall–Kier alpha value is -2.40. The maximum Gasteiger partial charge on any atom is 0.244 e. The fourth-order valence-corrected chi connectivity index (χ4v) is 3.61. The summed E-state index contributed by atoms with van der Waals surface area (Å²) in [4.78, 5) is 13.8. The van der Waals surface area contributed by atoms with E-state index in [2.05, 4.69) is 5.32 Å². The van der Waals surface area contributed by atoms with Crippen LogP contribution in [0.2, 0.25) is 5.02 Å². The second kappa shape index (κ2) is 8.81. The monoisotopic (exact) mass is 383 g/mol. The quantitative estimate of drug-likeness (QED) is 0.600. The number of carbonyl (C=O) groups excluding carboxylic acids is 1. The van der Waals surface area contributed by atoms with E-state index in [1.54, 1.807) is 12.1 Å². The second-order valence-corrected chi connectivity index (χ2v) is 7.30. The van der Waals surface area contributed by atoms with Crippen molar-refractivity contribution in [1.29, 1.82) is 0 Å². The maximum atomic E-state index is 12.0. The average Bonchev–Trinajstić information content (AvgIpc) is 3.15. The number of thiophene rings is 1. The van der Waals surface area contributed by atoms with Gasteiger partial charge < -0.3 is 10.4 Å². The minimum absolute atomic E-state index is 0.191. The highest BCUT2D eigenvalue weighted by Gasteiger charge is 2.12. The van der Waals surface area contributed by atoms with Crippen LogP contribution in [0, 0.1) is 0 Å². The summed E-state index contributed by atoms with van der Waals surface area (Å²) in [5.41, 5.74) is 1.65. The highest BCUT2D eigenvalue weighted by molar-refractivity contribution is 7.12. The Morgan fingerprint density at radius 1 is 1.08 bits per heavy atom. The predicted octanol–water partition coefficient (Wildman–Crippen LogP) is 4.81. The zero-order valence-electron chi connectivity index (χ0n) is 13.9. The summed E-state index contributed by atoms with van der Waals surface area (Å²) < 4.78 is 0. The Morgan fingerprint density at radius 2 is 1.81 bits per heavy atom. The van der Waals surface area contributed by atoms with Gasteiger partial charge in [-0.05, 0) is 35.4 Å². The number of aliphatic hydroxyl groups is 1. The summed E-state index contributed by atoms with van der Waals surface area (Å²) in [5.74, 6) is -0.191. The molecule has 1 atom stereocenters. The van der Waals surface area contributed by atoms with Crippen LogP contribution >= 0.6 is 22.9 Å². The lowest BCUT2D eigenvalue weighted by atomic mass is 10.1. The van der Waals surface area contributed by atoms with E-state index in [0.717, 1.165) is 20.9 Å². The highest BCUT2D eigenvalue weighted by Crippen LogP contribution is 2.28. The standard InChI is InChI=1S/C21H18ClNO2S/c22-18-9-5-4-6-15(18)10-13-20(24)23-14-17-11-12-19(26-17)21(25)16-7-2-1-3-8-16/h1-13,21,25H,14H2,(H,23,24)/b13-10+. The van der Waals surface area contributed by atoms with Gasteiger partial charge in [-0.15, -0.1) is 11.3 Å². The number of rotatable bonds is 6. The smallest absolute Gasteiger partial charge is 0.244 e. The van der Waals surface area contributed by atoms with Crippen LogP contribution in [-0.4, -0.2) is 11.0 Å². The Morgan fingerprint density at radius 3 is 2.58 bits per heavy atom. The molecule has 1 heterocycles. The number of carbonyl (C=O) groups is 1. The minimum Gasteiger partial charge on any atom is -0.383 e. The molecule has 3 aromatic rings. The normalized spacial score (nSPS) is 12.2. The van der Waals surface area contributed by atoms with E-state index in [1.165, 1.54) is 17.4 Å². The third-order valence-corrected chi connectivity index (χ3v) is 5.31. The molecule has 0 spiro atoms. The van der Waals surface area contributed by atoms with Gasteiger partial charge in [0.25, 0.3) is 0 Å². The topological polar surface area (TPSA) is 49.3 Å². The summed E-state index contributed by atoms with van der Waals surface area (Å²) in [5, 5.41) is 13.9. The van der Waals surface area contributed by atoms with Gasteiger partial charge in [0.15, 0.2) is 0 Å². The molecule has 2 aromatic carbocycles. The van der Waals surface area contributed by atoms with Crippen LogP contribution in [0.3, 0.4) is 0 Å². The molecule has 1 amide bonds. The molecule has 1 unspecified atom stereocenters. The fraction of sp³-hybridized carbons (Fsp3) is 0.0952. The van der Waals surface area contributed by atoms with Crippen molar-refractivity contribution in [1.82, 2.24) is 5.32 Å². The van der Waals surface area contributed by atoms with Gasteiger partial charge in [0.05, 0.1) is 6.54 Å². The molecule has 0 radical (unpaired) electrons. The third kappa shape index (κ3) is 4.82. The van der Waals surface area contributed by atoms with Crippen molar-refractivity contribution in [3.63, 3.8) is 0 Å². The van der Waals surface area contributed by atoms with Gasteiger partial charge in [-0.2, -0.15) is 0 Å². The maximum absolute atomic E-state index is 12.0. The van der Waals surface area contributed by atoms with E-state index >= 15 is 0 Å². The molecule has 2 N–H and O–H groups in total. The van der Waals surface area contributed by atoms with Gasteiger partial charge in [0, 0.05) is 20.9 Å². The lowest BCUT2D eigenvalue weighted by molar-refractivity contribution is -0.116. The van der Waals surface area contributed by atoms with Crippen molar-refractivity contribution in [3.8, 4) is 0 Å². The molecule has 0 saturated heterocycles. The summed E-state index contributed by atoms with van der Waals surface area (Å²) in [6, 6.07) is 20.7. The van der Waals surface area contributed by atoms with Crippen LogP contribution in [-0.2, 0) is 11.3 Å². The molecule has 3 rings (SSSR count). The Labute approximate surface area is 161 Å². The molecule has 5 heteroatoms. The number of halogens is 1. The van der Waals surface area contributed by atoms with Crippen LogP contribution in [0.5, 0.6) is 0 Å². The minimum atomic E-state index is -0.647. The largest absolute Gasteiger partial charge is 0.383 e. The summed E-state index contributed by atoms with van der Waals surface area (Å²) in [6.45, 7) is 0.415. The van der Waals surface area contributed by atoms with E-state index in [0.29, 0.717) is 11.6 Å². The zero-order valence-corrected chi connectivity index (χ0v) is 15.5. The van der Waals surface area contributed by atoms with Gasteiger partial charge in [0.2, 0.25) is 5.91 Å². The zero-order chi connectivity index (χ0) is 18.4. The van der Waals surface area contributed by atoms with E-state index in [1.807, 2.05) is 60.7 Å². The number of hydrogen-bond donors (Lipinski definition) is 2. The first kappa shape index (κ1) is 18.4. The van der Waals surface area contributed by atoms with Crippen molar-refractivity contribution in [2.75, 3.05) is 0 Å². The summed E-state index contributed by atoms with van der Waals surface area (Å²) >= 11 is 7.54. The molecule has 0 aliphatic rings. The molecule has 132 valence electrons. The molecular formula is C21H18ClNO2S. The molecule has 0 bridgehead atoms. The number of aliphatic hydroxyl groups excluding tert-OH is 1. The molecule has 26 heavy (non-hydrogen) atoms. The lowest BCUT2D eigenvalue weighted by Gasteiger charge is -2.08. The molecular weight excluding hydrogens is 366 g/mol. The highest BCUT2D eigenvalue weighted by atomic mass is 35.5. The van der Waals surface area contributed by atoms with Crippen molar-refractivity contribution in [3.05, 3.63) is 98.7 Å². The van der Waals surface area contributed by atoms with E-state index in [9.17, 15) is 9.90 Å². The molecule has 3 nitrogen and oxygen atoms in total. The van der Waals surface area contributed by atoms with Crippen LogP contribution in [0.25, 0.3) is 6.08 Å². The van der Waals surface area contributed by atoms with Crippen LogP contribution in [0.15, 0.2) is 72.8 Å². The Bertz CT molecular complexity index is 905. The van der Waals surface area contributed by atoms with Gasteiger partial charge in [-0.3, -0.25) is 4.79 Å². The SMILES string of the molecule is O=C(/C=C/c1ccccc1Cl)NCc1ccc(C(O)c2ccccc2)s1. The number of hydrogen-bond acceptors (Lipinski definition) is 3. The van der Waals surface area contributed by atoms with Gasteiger partial charge in [-0.1, -0.05) is 60.1 Å². The van der Waals surface area contributed by atoms with Crippen molar-refractivity contribution in [2.24, 2.45) is 0 Å². The molecule has 0 saturated carbocycles. The number of amides is 1. The van der Waals surface area contributed by atoms with Gasteiger partial charge in [-0.25, -0.2) is 0 Å². The van der Waals surface area contributed by atoms with Gasteiger partial charge >= 0.3 is 0 Å². The van der Waals surface area contributed by atoms with Crippen LogP contribution < -0.4 is 5.32 Å². The van der Waals surface area contributed by atoms with Crippen LogP contribution in [0.1, 0.15) is 27.0 Å². The first-order valence-electron chi connectivity index (χ1n) is 8.15. The first-order valence-corrected chi connectivity index (χ1v) is 9.35. The van der Waals surface area contributed by atoms with E-state index in [-0.39, 0.29) is 5.91 Å². The van der Waals surface area contributed by atoms with Crippen molar-refractivity contribution in [2.45, 2.75) is 12.6 Å². The average molecular weight is 384 g/mol. The Kier molecular flexibility index (Phi) is 6.23. The van der Waals surface area contributed by atoms with Crippen molar-refractivity contribution >= 4 is 34.9 Å². The number of nitrogens with one attached hydrogen (secondary N) is 1. The lowest BCUT2D eigenvalue weighted by Crippen LogP contribution is -2.19. The van der Waals surface area contributed by atoms with E-state index < -0.39 is 6.10 Å². The first-order chi connectivity index (χ1) is 12.6. The molecule has 0 fully saturated rings. The molecule has 1 aromatic heterocycles. The summed E-state index contributed by atoms with van der Waals surface area (Å²) in [7, 11) is 0. The number of benzene rings is 2. The van der Waals surface area contributed by atoms with E-state index in [4.69, 9.17) is 11.6 Å². The second-order valence-electron chi connectivity index (χ2n) is 5.69. The summed E-state index contributed by atoms with van der Waals surface area (Å²) in [6.07, 6.45) is 2.51. The molecule has 0 aliphatic heterocycles. The van der Waals surface area contributed by atoms with Crippen molar-refractivity contribution < 1.29 is 9.90 Å². The van der Waals surface area contributed by atoms with Gasteiger partial charge in [0.1, 0.15) is 6.10 Å². The third-order valence-electron chi connectivity index (χ3n) is 3.82. The van der Waals surface area contributed by atoms with Crippen LogP contribution in [0.4, 0.5) is 0 Å². The predicted molar refractivity (Wildman–Crippen MR) is 107 cm³/mol. The fourth-order valence-electron chi connectivity index (χ4n) is 2.44. The Balaban J connectivity index is 1.56. The molecule has 0 aliphatic carbocycles.